The highest BCUT2D eigenvalue weighted by molar-refractivity contribution is 5.88. The van der Waals surface area contributed by atoms with Crippen molar-refractivity contribution in [2.75, 3.05) is 5.32 Å². The first-order chi connectivity index (χ1) is 9.14. The molecule has 0 bridgehead atoms. The van der Waals surface area contributed by atoms with Crippen molar-refractivity contribution in [2.45, 2.75) is 44.3 Å². The van der Waals surface area contributed by atoms with Crippen LogP contribution in [0, 0.1) is 0 Å². The molecule has 1 saturated carbocycles. The Morgan fingerprint density at radius 2 is 2.00 bits per heavy atom. The van der Waals surface area contributed by atoms with Crippen molar-refractivity contribution in [3.8, 4) is 0 Å². The van der Waals surface area contributed by atoms with Gasteiger partial charge in [0.15, 0.2) is 0 Å². The lowest BCUT2D eigenvalue weighted by Crippen LogP contribution is -2.39. The van der Waals surface area contributed by atoms with E-state index in [1.165, 1.54) is 6.07 Å². The molecule has 2 N–H and O–H groups in total. The fourth-order valence-electron chi connectivity index (χ4n) is 1.88. The molecule has 1 fully saturated rings. The number of aromatic carboxylic acids is 1. The number of nitrogens with zero attached hydrogens (tertiary/aromatic N) is 1. The maximum absolute atomic E-state index is 12.9. The molecule has 0 radical (unpaired) electrons. The number of rotatable bonds is 4. The number of anilines is 1. The quantitative estimate of drug-likeness (QED) is 0.891. The van der Waals surface area contributed by atoms with Crippen LogP contribution in [0.15, 0.2) is 12.1 Å². The molecule has 0 aliphatic heterocycles. The second-order valence-corrected chi connectivity index (χ2v) is 5.33. The first-order valence-corrected chi connectivity index (χ1v) is 6.25. The summed E-state index contributed by atoms with van der Waals surface area (Å²) in [5, 5.41) is 11.4. The van der Waals surface area contributed by atoms with Crippen molar-refractivity contribution in [3.05, 3.63) is 23.4 Å². The van der Waals surface area contributed by atoms with E-state index < -0.39 is 17.7 Å². The van der Waals surface area contributed by atoms with Gasteiger partial charge in [0.1, 0.15) is 11.4 Å². The lowest BCUT2D eigenvalue weighted by molar-refractivity contribution is -0.151. The van der Waals surface area contributed by atoms with Crippen LogP contribution in [-0.4, -0.2) is 27.8 Å². The van der Waals surface area contributed by atoms with Gasteiger partial charge in [-0.25, -0.2) is 9.78 Å². The Kier molecular flexibility index (Phi) is 3.39. The summed E-state index contributed by atoms with van der Waals surface area (Å²) < 4.78 is 38.7. The lowest BCUT2D eigenvalue weighted by Gasteiger charge is -2.22. The molecule has 0 spiro atoms. The maximum Gasteiger partial charge on any atom is 0.411 e. The summed E-state index contributed by atoms with van der Waals surface area (Å²) in [6.07, 6.45) is -4.41. The van der Waals surface area contributed by atoms with Crippen LogP contribution in [-0.2, 0) is 0 Å². The lowest BCUT2D eigenvalue weighted by atomic mass is 10.1. The number of nitrogens with one attached hydrogen (secondary N) is 1. The zero-order chi connectivity index (χ0) is 15.1. The van der Waals surface area contributed by atoms with Crippen LogP contribution in [0.4, 0.5) is 19.0 Å². The van der Waals surface area contributed by atoms with Crippen LogP contribution < -0.4 is 5.32 Å². The van der Waals surface area contributed by atoms with Crippen molar-refractivity contribution in [2.24, 2.45) is 0 Å². The van der Waals surface area contributed by atoms with E-state index in [9.17, 15) is 18.0 Å². The molecule has 0 aromatic carbocycles. The second kappa shape index (κ2) is 4.64. The molecular formula is C13H15F3N2O2. The summed E-state index contributed by atoms with van der Waals surface area (Å²) in [6.45, 7) is 3.60. The monoisotopic (exact) mass is 288 g/mol. The third-order valence-corrected chi connectivity index (χ3v) is 3.34. The maximum atomic E-state index is 12.9. The van der Waals surface area contributed by atoms with Crippen LogP contribution in [0.1, 0.15) is 48.7 Å². The van der Waals surface area contributed by atoms with Crippen molar-refractivity contribution in [1.82, 2.24) is 4.98 Å². The molecule has 0 saturated heterocycles. The van der Waals surface area contributed by atoms with Gasteiger partial charge in [-0.3, -0.25) is 0 Å². The first kappa shape index (κ1) is 14.6. The molecule has 0 amide bonds. The highest BCUT2D eigenvalue weighted by Crippen LogP contribution is 2.51. The Balaban J connectivity index is 2.35. The van der Waals surface area contributed by atoms with Gasteiger partial charge in [0.25, 0.3) is 0 Å². The standard InChI is InChI=1S/C13H15F3N2O2/c1-7(2)9-5-8(11(19)20)6-10(17-9)18-12(3-4-12)13(14,15)16/h5-7H,3-4H2,1-2H3,(H,17,18)(H,19,20). The third-order valence-electron chi connectivity index (χ3n) is 3.34. The third kappa shape index (κ3) is 2.71. The van der Waals surface area contributed by atoms with Gasteiger partial charge >= 0.3 is 12.1 Å². The number of aromatic nitrogens is 1. The van der Waals surface area contributed by atoms with E-state index in [-0.39, 0.29) is 30.1 Å². The highest BCUT2D eigenvalue weighted by Gasteiger charge is 2.63. The minimum atomic E-state index is -4.37. The van der Waals surface area contributed by atoms with Gasteiger partial charge in [0, 0.05) is 5.69 Å². The average Bonchev–Trinajstić information content (AvgIpc) is 3.08. The van der Waals surface area contributed by atoms with Crippen molar-refractivity contribution < 1.29 is 23.1 Å². The Bertz CT molecular complexity index is 537. The first-order valence-electron chi connectivity index (χ1n) is 6.25. The van der Waals surface area contributed by atoms with Gasteiger partial charge < -0.3 is 10.4 Å². The predicted octanol–water partition coefficient (Wildman–Crippen LogP) is 3.41. The Labute approximate surface area is 114 Å². The molecule has 1 aliphatic rings. The molecular weight excluding hydrogens is 273 g/mol. The highest BCUT2D eigenvalue weighted by atomic mass is 19.4. The van der Waals surface area contributed by atoms with Crippen molar-refractivity contribution >= 4 is 11.8 Å². The van der Waals surface area contributed by atoms with E-state index in [1.807, 2.05) is 0 Å². The zero-order valence-corrected chi connectivity index (χ0v) is 11.1. The molecule has 0 unspecified atom stereocenters. The molecule has 2 rings (SSSR count). The second-order valence-electron chi connectivity index (χ2n) is 5.33. The van der Waals surface area contributed by atoms with Crippen molar-refractivity contribution in [1.29, 1.82) is 0 Å². The van der Waals surface area contributed by atoms with Crippen LogP contribution in [0.2, 0.25) is 0 Å². The summed E-state index contributed by atoms with van der Waals surface area (Å²) >= 11 is 0. The Morgan fingerprint density at radius 1 is 1.40 bits per heavy atom. The number of halogens is 3. The van der Waals surface area contributed by atoms with E-state index in [0.717, 1.165) is 6.07 Å². The van der Waals surface area contributed by atoms with Crippen molar-refractivity contribution in [3.63, 3.8) is 0 Å². The van der Waals surface area contributed by atoms with Gasteiger partial charge in [-0.15, -0.1) is 0 Å². The summed E-state index contributed by atoms with van der Waals surface area (Å²) in [5.41, 5.74) is -1.57. The molecule has 20 heavy (non-hydrogen) atoms. The molecule has 1 aromatic heterocycles. The van der Waals surface area contributed by atoms with E-state index >= 15 is 0 Å². The zero-order valence-electron chi connectivity index (χ0n) is 11.1. The summed E-state index contributed by atoms with van der Waals surface area (Å²) in [6, 6.07) is 2.52. The number of carboxylic acid groups (broad SMARTS) is 1. The molecule has 0 atom stereocenters. The molecule has 110 valence electrons. The molecule has 4 nitrogen and oxygen atoms in total. The normalized spacial score (nSPS) is 17.1. The Hall–Kier alpha value is -1.79. The van der Waals surface area contributed by atoms with E-state index in [0.29, 0.717) is 5.69 Å². The Morgan fingerprint density at radius 3 is 2.40 bits per heavy atom. The molecule has 1 aliphatic carbocycles. The fourth-order valence-corrected chi connectivity index (χ4v) is 1.88. The largest absolute Gasteiger partial charge is 0.478 e. The van der Waals surface area contributed by atoms with Crippen LogP contribution in [0.25, 0.3) is 0 Å². The van der Waals surface area contributed by atoms with Gasteiger partial charge in [0.2, 0.25) is 0 Å². The van der Waals surface area contributed by atoms with Gasteiger partial charge in [-0.2, -0.15) is 13.2 Å². The van der Waals surface area contributed by atoms with E-state index in [4.69, 9.17) is 5.11 Å². The van der Waals surface area contributed by atoms with E-state index in [1.54, 1.807) is 13.8 Å². The SMILES string of the molecule is CC(C)c1cc(C(=O)O)cc(NC2(C(F)(F)F)CC2)n1. The van der Waals surface area contributed by atoms with Gasteiger partial charge in [-0.1, -0.05) is 13.8 Å². The summed E-state index contributed by atoms with van der Waals surface area (Å²) in [5.74, 6) is -1.30. The number of hydrogen-bond donors (Lipinski definition) is 2. The minimum Gasteiger partial charge on any atom is -0.478 e. The minimum absolute atomic E-state index is 0.0213. The van der Waals surface area contributed by atoms with E-state index in [2.05, 4.69) is 10.3 Å². The molecule has 7 heteroatoms. The van der Waals surface area contributed by atoms with Crippen LogP contribution in [0.3, 0.4) is 0 Å². The van der Waals surface area contributed by atoms with Gasteiger partial charge in [-0.05, 0) is 30.9 Å². The topological polar surface area (TPSA) is 62.2 Å². The fraction of sp³-hybridized carbons (Fsp3) is 0.538. The predicted molar refractivity (Wildman–Crippen MR) is 66.9 cm³/mol. The number of carboxylic acids is 1. The molecule has 1 heterocycles. The summed E-state index contributed by atoms with van der Waals surface area (Å²) in [4.78, 5) is 15.1. The van der Waals surface area contributed by atoms with Gasteiger partial charge in [0.05, 0.1) is 5.56 Å². The number of pyridine rings is 1. The molecule has 1 aromatic rings. The average molecular weight is 288 g/mol. The number of alkyl halides is 3. The summed E-state index contributed by atoms with van der Waals surface area (Å²) in [7, 11) is 0. The number of hydrogen-bond acceptors (Lipinski definition) is 3. The smallest absolute Gasteiger partial charge is 0.411 e. The van der Waals surface area contributed by atoms with Crippen LogP contribution >= 0.6 is 0 Å². The van der Waals surface area contributed by atoms with Crippen LogP contribution in [0.5, 0.6) is 0 Å². The number of carbonyl (C=O) groups is 1.